The van der Waals surface area contributed by atoms with Crippen molar-refractivity contribution < 1.29 is 8.85 Å². The summed E-state index contributed by atoms with van der Waals surface area (Å²) < 4.78 is 12.8. The smallest absolute Gasteiger partial charge is 0.216 e. The van der Waals surface area contributed by atoms with Gasteiger partial charge >= 0.3 is 0 Å². The summed E-state index contributed by atoms with van der Waals surface area (Å²) >= 11 is 0. The highest BCUT2D eigenvalue weighted by Crippen LogP contribution is 2.37. The molecule has 1 fully saturated rings. The molecule has 0 amide bonds. The quantitative estimate of drug-likeness (QED) is 0.727. The molecule has 114 valence electrons. The topological polar surface area (TPSA) is 42.2 Å². The summed E-state index contributed by atoms with van der Waals surface area (Å²) in [5.41, 5.74) is 0.827. The van der Waals surface area contributed by atoms with Crippen molar-refractivity contribution in [3.63, 3.8) is 0 Å². The van der Waals surface area contributed by atoms with Crippen LogP contribution < -0.4 is 4.74 Å². The second kappa shape index (κ2) is 6.34. The SMILES string of the molecule is CCC(Oc1ccc(C#N)cc1)[Si](C)(C)O[Si]1(C)CCC1. The number of ether oxygens (including phenoxy) is 1. The van der Waals surface area contributed by atoms with E-state index in [1.54, 1.807) is 12.1 Å². The highest BCUT2D eigenvalue weighted by atomic mass is 28.4. The summed E-state index contributed by atoms with van der Waals surface area (Å²) in [6.45, 7) is 9.08. The Bertz CT molecular complexity index is 518. The van der Waals surface area contributed by atoms with Crippen LogP contribution in [0.1, 0.15) is 25.3 Å². The first-order valence-electron chi connectivity index (χ1n) is 7.75. The van der Waals surface area contributed by atoms with E-state index >= 15 is 0 Å². The van der Waals surface area contributed by atoms with Crippen LogP contribution in [0.25, 0.3) is 0 Å². The Morgan fingerprint density at radius 3 is 2.33 bits per heavy atom. The number of hydrogen-bond acceptors (Lipinski definition) is 3. The molecule has 1 saturated heterocycles. The summed E-state index contributed by atoms with van der Waals surface area (Å²) in [6.07, 6.45) is 2.30. The van der Waals surface area contributed by atoms with E-state index in [0.717, 1.165) is 12.2 Å². The Balaban J connectivity index is 2.05. The summed E-state index contributed by atoms with van der Waals surface area (Å²) in [4.78, 5) is 0. The van der Waals surface area contributed by atoms with Gasteiger partial charge in [0.25, 0.3) is 0 Å². The fraction of sp³-hybridized carbons (Fsp3) is 0.562. The number of benzene rings is 1. The van der Waals surface area contributed by atoms with Crippen molar-refractivity contribution in [2.75, 3.05) is 0 Å². The first-order chi connectivity index (χ1) is 9.88. The third-order valence-corrected chi connectivity index (χ3v) is 13.3. The van der Waals surface area contributed by atoms with Crippen LogP contribution in [0.3, 0.4) is 0 Å². The van der Waals surface area contributed by atoms with Crippen LogP contribution in [0, 0.1) is 11.3 Å². The zero-order chi connectivity index (χ0) is 15.5. The van der Waals surface area contributed by atoms with Crippen molar-refractivity contribution in [1.82, 2.24) is 0 Å². The minimum absolute atomic E-state index is 0.162. The fourth-order valence-electron chi connectivity index (χ4n) is 2.97. The lowest BCUT2D eigenvalue weighted by molar-refractivity contribution is 0.242. The van der Waals surface area contributed by atoms with Crippen LogP contribution in [0.15, 0.2) is 24.3 Å². The maximum atomic E-state index is 8.85. The normalized spacial score (nSPS) is 18.4. The molecule has 0 bridgehead atoms. The standard InChI is InChI=1S/C16H25NO2Si2/c1-5-16(18-15-9-7-14(13-17)8-10-15)20(2,3)19-21(4)11-6-12-21/h7-10,16H,5-6,11-12H2,1-4H3. The van der Waals surface area contributed by atoms with Gasteiger partial charge in [-0.05, 0) is 62.4 Å². The average Bonchev–Trinajstić information content (AvgIpc) is 2.43. The maximum Gasteiger partial charge on any atom is 0.216 e. The molecule has 0 aliphatic carbocycles. The lowest BCUT2D eigenvalue weighted by Gasteiger charge is -2.44. The number of hydrogen-bond donors (Lipinski definition) is 0. The fourth-order valence-corrected chi connectivity index (χ4v) is 12.1. The molecule has 1 aromatic rings. The lowest BCUT2D eigenvalue weighted by Crippen LogP contribution is -2.57. The molecule has 5 heteroatoms. The van der Waals surface area contributed by atoms with Crippen LogP contribution in [-0.4, -0.2) is 22.4 Å². The van der Waals surface area contributed by atoms with Crippen molar-refractivity contribution in [2.24, 2.45) is 0 Å². The van der Waals surface area contributed by atoms with Gasteiger partial charge in [-0.15, -0.1) is 0 Å². The van der Waals surface area contributed by atoms with E-state index in [-0.39, 0.29) is 5.73 Å². The van der Waals surface area contributed by atoms with E-state index < -0.39 is 16.6 Å². The van der Waals surface area contributed by atoms with Gasteiger partial charge in [0.05, 0.1) is 11.6 Å². The summed E-state index contributed by atoms with van der Waals surface area (Å²) in [6, 6.07) is 12.1. The molecular formula is C16H25NO2Si2. The molecule has 1 aromatic carbocycles. The Kier molecular flexibility index (Phi) is 4.92. The molecule has 1 aliphatic heterocycles. The second-order valence-corrected chi connectivity index (χ2v) is 15.2. The monoisotopic (exact) mass is 319 g/mol. The van der Waals surface area contributed by atoms with E-state index in [4.69, 9.17) is 14.1 Å². The van der Waals surface area contributed by atoms with E-state index in [2.05, 4.69) is 32.6 Å². The predicted octanol–water partition coefficient (Wildman–Crippen LogP) is 4.46. The van der Waals surface area contributed by atoms with Crippen LogP contribution in [-0.2, 0) is 4.12 Å². The van der Waals surface area contributed by atoms with Crippen LogP contribution in [0.2, 0.25) is 31.7 Å². The number of rotatable bonds is 6. The molecular weight excluding hydrogens is 294 g/mol. The molecule has 0 aromatic heterocycles. The Morgan fingerprint density at radius 1 is 1.29 bits per heavy atom. The van der Waals surface area contributed by atoms with Gasteiger partial charge in [-0.25, -0.2) is 0 Å². The van der Waals surface area contributed by atoms with Crippen molar-refractivity contribution in [3.8, 4) is 11.8 Å². The Hall–Kier alpha value is -1.10. The van der Waals surface area contributed by atoms with E-state index in [1.807, 2.05) is 12.1 Å². The highest BCUT2D eigenvalue weighted by molar-refractivity contribution is 6.87. The van der Waals surface area contributed by atoms with Gasteiger partial charge in [-0.1, -0.05) is 13.3 Å². The van der Waals surface area contributed by atoms with E-state index in [1.165, 1.54) is 18.5 Å². The summed E-state index contributed by atoms with van der Waals surface area (Å²) in [5.74, 6) is 0.838. The Morgan fingerprint density at radius 2 is 1.90 bits per heavy atom. The van der Waals surface area contributed by atoms with Gasteiger partial charge in [-0.2, -0.15) is 5.26 Å². The van der Waals surface area contributed by atoms with Gasteiger partial charge in [0, 0.05) is 0 Å². The molecule has 0 spiro atoms. The number of nitriles is 1. The molecule has 0 N–H and O–H groups in total. The predicted molar refractivity (Wildman–Crippen MR) is 90.3 cm³/mol. The van der Waals surface area contributed by atoms with E-state index in [0.29, 0.717) is 5.56 Å². The molecule has 0 saturated carbocycles. The first kappa shape index (κ1) is 16.3. The summed E-state index contributed by atoms with van der Waals surface area (Å²) in [7, 11) is -3.27. The zero-order valence-corrected chi connectivity index (χ0v) is 15.5. The van der Waals surface area contributed by atoms with Crippen LogP contribution >= 0.6 is 0 Å². The second-order valence-electron chi connectivity index (χ2n) is 6.66. The van der Waals surface area contributed by atoms with Crippen molar-refractivity contribution in [3.05, 3.63) is 29.8 Å². The van der Waals surface area contributed by atoms with Crippen molar-refractivity contribution in [1.29, 1.82) is 5.26 Å². The largest absolute Gasteiger partial charge is 0.491 e. The third kappa shape index (κ3) is 3.97. The molecule has 0 radical (unpaired) electrons. The van der Waals surface area contributed by atoms with Gasteiger partial charge in [0.15, 0.2) is 8.32 Å². The molecule has 1 atom stereocenters. The Labute approximate surface area is 130 Å². The highest BCUT2D eigenvalue weighted by Gasteiger charge is 2.45. The molecule has 3 nitrogen and oxygen atoms in total. The van der Waals surface area contributed by atoms with Crippen LogP contribution in [0.5, 0.6) is 5.75 Å². The molecule has 21 heavy (non-hydrogen) atoms. The van der Waals surface area contributed by atoms with Gasteiger partial charge < -0.3 is 8.85 Å². The lowest BCUT2D eigenvalue weighted by atomic mass is 10.2. The van der Waals surface area contributed by atoms with Crippen molar-refractivity contribution >= 4 is 16.6 Å². The molecule has 1 unspecified atom stereocenters. The van der Waals surface area contributed by atoms with Gasteiger partial charge in [-0.3, -0.25) is 0 Å². The third-order valence-electron chi connectivity index (χ3n) is 4.33. The molecule has 1 heterocycles. The van der Waals surface area contributed by atoms with E-state index in [9.17, 15) is 0 Å². The molecule has 2 rings (SSSR count). The van der Waals surface area contributed by atoms with Gasteiger partial charge in [0.1, 0.15) is 11.5 Å². The average molecular weight is 320 g/mol. The summed E-state index contributed by atoms with van der Waals surface area (Å²) in [5, 5.41) is 8.85. The zero-order valence-electron chi connectivity index (χ0n) is 13.5. The maximum absolute atomic E-state index is 8.85. The van der Waals surface area contributed by atoms with Crippen LogP contribution in [0.4, 0.5) is 0 Å². The molecule has 1 aliphatic rings. The minimum atomic E-state index is -1.87. The van der Waals surface area contributed by atoms with Crippen molar-refractivity contribution in [2.45, 2.75) is 57.2 Å². The van der Waals surface area contributed by atoms with Gasteiger partial charge in [0.2, 0.25) is 8.32 Å². The number of nitrogens with zero attached hydrogens (tertiary/aromatic N) is 1. The first-order valence-corrected chi connectivity index (χ1v) is 13.6. The minimum Gasteiger partial charge on any atom is -0.491 e.